The van der Waals surface area contributed by atoms with Crippen LogP contribution in [0.4, 0.5) is 0 Å². The Kier molecular flexibility index (Phi) is 5.27. The zero-order chi connectivity index (χ0) is 23.9. The summed E-state index contributed by atoms with van der Waals surface area (Å²) in [6.45, 7) is 0. The van der Waals surface area contributed by atoms with Crippen LogP contribution in [0.3, 0.4) is 0 Å². The first kappa shape index (κ1) is 21.4. The molecule has 6 heteroatoms. The van der Waals surface area contributed by atoms with Crippen molar-refractivity contribution in [1.29, 1.82) is 0 Å². The van der Waals surface area contributed by atoms with E-state index in [0.29, 0.717) is 10.8 Å². The Morgan fingerprint density at radius 3 is 2.29 bits per heavy atom. The van der Waals surface area contributed by atoms with E-state index in [1.54, 1.807) is 12.1 Å². The van der Waals surface area contributed by atoms with Crippen LogP contribution in [0.15, 0.2) is 103 Å². The van der Waals surface area contributed by atoms with Gasteiger partial charge in [0, 0.05) is 32.0 Å². The molecule has 1 aliphatic rings. The zero-order valence-corrected chi connectivity index (χ0v) is 19.4. The fraction of sp³-hybridized carbons (Fsp3) is 0.103. The molecule has 0 bridgehead atoms. The molecule has 5 aromatic rings. The van der Waals surface area contributed by atoms with Crippen LogP contribution in [-0.2, 0) is 0 Å². The van der Waals surface area contributed by atoms with Crippen molar-refractivity contribution in [2.75, 3.05) is 0 Å². The minimum Gasteiger partial charge on any atom is -0.478 e. The summed E-state index contributed by atoms with van der Waals surface area (Å²) in [6.07, 6.45) is -0.778. The standard InChI is InChI=1S/C29H21ClN2O3/c30-20-16-14-19(15-17-20)29-28(32(33)34)26(22-11-5-7-13-24(22)35-29)25-21-10-4-6-12-23(21)31-27(25)18-8-2-1-3-9-18/h1-17,26,28-29,31H. The van der Waals surface area contributed by atoms with Gasteiger partial charge in [0.25, 0.3) is 6.04 Å². The van der Waals surface area contributed by atoms with Crippen molar-refractivity contribution in [2.24, 2.45) is 0 Å². The lowest BCUT2D eigenvalue weighted by Gasteiger charge is -2.35. The quantitative estimate of drug-likeness (QED) is 0.215. The lowest BCUT2D eigenvalue weighted by Crippen LogP contribution is -2.40. The van der Waals surface area contributed by atoms with Crippen LogP contribution in [0.1, 0.15) is 28.7 Å². The molecule has 3 atom stereocenters. The molecule has 3 unspecified atom stereocenters. The number of para-hydroxylation sites is 2. The van der Waals surface area contributed by atoms with Crippen molar-refractivity contribution in [2.45, 2.75) is 18.1 Å². The molecule has 0 spiro atoms. The molecule has 5 nitrogen and oxygen atoms in total. The summed E-state index contributed by atoms with van der Waals surface area (Å²) in [7, 11) is 0. The summed E-state index contributed by atoms with van der Waals surface area (Å²) < 4.78 is 6.32. The molecule has 6 rings (SSSR count). The molecule has 172 valence electrons. The maximum atomic E-state index is 12.8. The number of H-pyrrole nitrogens is 1. The van der Waals surface area contributed by atoms with Crippen molar-refractivity contribution < 1.29 is 9.66 Å². The first-order valence-electron chi connectivity index (χ1n) is 11.4. The van der Waals surface area contributed by atoms with Gasteiger partial charge in [0.2, 0.25) is 0 Å². The van der Waals surface area contributed by atoms with Crippen LogP contribution in [0.2, 0.25) is 5.02 Å². The number of benzene rings is 4. The molecule has 0 saturated heterocycles. The van der Waals surface area contributed by atoms with Gasteiger partial charge in [-0.3, -0.25) is 10.1 Å². The average molecular weight is 481 g/mol. The molecule has 1 aliphatic heterocycles. The fourth-order valence-electron chi connectivity index (χ4n) is 5.21. The van der Waals surface area contributed by atoms with E-state index < -0.39 is 18.1 Å². The van der Waals surface area contributed by atoms with E-state index >= 15 is 0 Å². The molecule has 35 heavy (non-hydrogen) atoms. The normalized spacial score (nSPS) is 19.2. The Balaban J connectivity index is 1.65. The zero-order valence-electron chi connectivity index (χ0n) is 18.6. The van der Waals surface area contributed by atoms with Gasteiger partial charge in [-0.05, 0) is 35.4 Å². The Morgan fingerprint density at radius 1 is 0.829 bits per heavy atom. The van der Waals surface area contributed by atoms with Crippen LogP contribution in [-0.4, -0.2) is 15.9 Å². The third kappa shape index (κ3) is 3.65. The first-order valence-corrected chi connectivity index (χ1v) is 11.8. The maximum absolute atomic E-state index is 12.8. The van der Waals surface area contributed by atoms with Crippen LogP contribution in [0, 0.1) is 10.1 Å². The molecular weight excluding hydrogens is 460 g/mol. The van der Waals surface area contributed by atoms with E-state index in [-0.39, 0.29) is 4.92 Å². The number of nitrogens with zero attached hydrogens (tertiary/aromatic N) is 1. The van der Waals surface area contributed by atoms with Crippen LogP contribution >= 0.6 is 11.6 Å². The fourth-order valence-corrected chi connectivity index (χ4v) is 5.33. The van der Waals surface area contributed by atoms with Gasteiger partial charge in [-0.2, -0.15) is 0 Å². The molecule has 2 heterocycles. The van der Waals surface area contributed by atoms with Gasteiger partial charge in [0.1, 0.15) is 5.75 Å². The summed E-state index contributed by atoms with van der Waals surface area (Å²) >= 11 is 6.12. The smallest absolute Gasteiger partial charge is 0.264 e. The third-order valence-electron chi connectivity index (χ3n) is 6.72. The summed E-state index contributed by atoms with van der Waals surface area (Å²) in [5.41, 5.74) is 5.24. The van der Waals surface area contributed by atoms with E-state index in [1.165, 1.54) is 0 Å². The maximum Gasteiger partial charge on any atom is 0.264 e. The lowest BCUT2D eigenvalue weighted by atomic mass is 9.77. The molecule has 0 fully saturated rings. The van der Waals surface area contributed by atoms with Crippen molar-refractivity contribution in [3.05, 3.63) is 135 Å². The summed E-state index contributed by atoms with van der Waals surface area (Å²) in [5.74, 6) is 0.113. The number of aromatic amines is 1. The molecule has 0 amide bonds. The van der Waals surface area contributed by atoms with Gasteiger partial charge >= 0.3 is 0 Å². The number of aromatic nitrogens is 1. The number of nitrogens with one attached hydrogen (secondary N) is 1. The topological polar surface area (TPSA) is 68.2 Å². The SMILES string of the molecule is O=[N+]([O-])C1C(c2ccc(Cl)cc2)Oc2ccccc2C1c1c(-c2ccccc2)[nH]c2ccccc12. The van der Waals surface area contributed by atoms with E-state index in [2.05, 4.69) is 4.98 Å². The molecule has 0 aliphatic carbocycles. The van der Waals surface area contributed by atoms with Crippen molar-refractivity contribution in [1.82, 2.24) is 4.98 Å². The molecule has 0 radical (unpaired) electrons. The van der Waals surface area contributed by atoms with Gasteiger partial charge in [-0.1, -0.05) is 90.5 Å². The minimum atomic E-state index is -1.05. The number of ether oxygens (including phenoxy) is 1. The van der Waals surface area contributed by atoms with Gasteiger partial charge in [0.15, 0.2) is 6.10 Å². The highest BCUT2D eigenvalue weighted by Crippen LogP contribution is 2.50. The van der Waals surface area contributed by atoms with Gasteiger partial charge < -0.3 is 9.72 Å². The molecule has 4 aromatic carbocycles. The number of rotatable bonds is 4. The molecule has 1 N–H and O–H groups in total. The second-order valence-electron chi connectivity index (χ2n) is 8.71. The van der Waals surface area contributed by atoms with Crippen molar-refractivity contribution >= 4 is 22.5 Å². The minimum absolute atomic E-state index is 0.198. The van der Waals surface area contributed by atoms with Crippen molar-refractivity contribution in [3.8, 4) is 17.0 Å². The molecular formula is C29H21ClN2O3. The van der Waals surface area contributed by atoms with Crippen LogP contribution in [0.5, 0.6) is 5.75 Å². The highest BCUT2D eigenvalue weighted by Gasteiger charge is 2.49. The first-order chi connectivity index (χ1) is 17.1. The number of nitro groups is 1. The molecule has 1 aromatic heterocycles. The Labute approximate surface area is 207 Å². The highest BCUT2D eigenvalue weighted by atomic mass is 35.5. The van der Waals surface area contributed by atoms with Gasteiger partial charge in [0.05, 0.1) is 11.6 Å². The van der Waals surface area contributed by atoms with E-state index in [1.807, 2.05) is 91.0 Å². The highest BCUT2D eigenvalue weighted by molar-refractivity contribution is 6.30. The number of fused-ring (bicyclic) bond motifs is 2. The Bertz CT molecular complexity index is 1530. The second-order valence-corrected chi connectivity index (χ2v) is 9.14. The predicted molar refractivity (Wildman–Crippen MR) is 138 cm³/mol. The second kappa shape index (κ2) is 8.60. The van der Waals surface area contributed by atoms with Gasteiger partial charge in [-0.25, -0.2) is 0 Å². The molecule has 0 saturated carbocycles. The number of halogens is 1. The van der Waals surface area contributed by atoms with E-state index in [4.69, 9.17) is 16.3 Å². The largest absolute Gasteiger partial charge is 0.478 e. The number of hydrogen-bond acceptors (Lipinski definition) is 3. The summed E-state index contributed by atoms with van der Waals surface area (Å²) in [4.78, 5) is 16.1. The van der Waals surface area contributed by atoms with Gasteiger partial charge in [-0.15, -0.1) is 0 Å². The summed E-state index contributed by atoms with van der Waals surface area (Å²) in [6, 6.07) is 31.6. The van der Waals surface area contributed by atoms with Crippen LogP contribution < -0.4 is 4.74 Å². The third-order valence-corrected chi connectivity index (χ3v) is 6.97. The van der Waals surface area contributed by atoms with E-state index in [9.17, 15) is 10.1 Å². The van der Waals surface area contributed by atoms with Crippen LogP contribution in [0.25, 0.3) is 22.2 Å². The van der Waals surface area contributed by atoms with E-state index in [0.717, 1.165) is 38.9 Å². The Morgan fingerprint density at radius 2 is 1.51 bits per heavy atom. The average Bonchev–Trinajstić information content (AvgIpc) is 3.28. The monoisotopic (exact) mass is 480 g/mol. The van der Waals surface area contributed by atoms with Crippen molar-refractivity contribution in [3.63, 3.8) is 0 Å². The Hall–Kier alpha value is -4.09. The number of hydrogen-bond donors (Lipinski definition) is 1. The predicted octanol–water partition coefficient (Wildman–Crippen LogP) is 7.40. The summed E-state index contributed by atoms with van der Waals surface area (Å²) in [5, 5.41) is 14.3. The lowest BCUT2D eigenvalue weighted by molar-refractivity contribution is -0.538.